The molecule has 15 rings (SSSR count). The van der Waals surface area contributed by atoms with E-state index < -0.39 is 0 Å². The summed E-state index contributed by atoms with van der Waals surface area (Å²) in [6, 6.07) is 89.6. The molecule has 11 aromatic carbocycles. The highest BCUT2D eigenvalue weighted by atomic mass is 15.2. The van der Waals surface area contributed by atoms with Gasteiger partial charge in [0.05, 0.1) is 55.8 Å². The van der Waals surface area contributed by atoms with Crippen molar-refractivity contribution < 1.29 is 0 Å². The number of benzene rings is 11. The van der Waals surface area contributed by atoms with Gasteiger partial charge in [-0.2, -0.15) is 0 Å². The van der Waals surface area contributed by atoms with E-state index in [1.54, 1.807) is 0 Å². The van der Waals surface area contributed by atoms with Crippen molar-refractivity contribution in [3.05, 3.63) is 254 Å². The molecular weight excluding hydrogens is 873 g/mol. The minimum Gasteiger partial charge on any atom is -0.309 e. The van der Waals surface area contributed by atoms with Crippen LogP contribution in [0.5, 0.6) is 0 Å². The number of aryl methyl sites for hydroxylation is 2. The van der Waals surface area contributed by atoms with Crippen LogP contribution in [0.2, 0.25) is 0 Å². The van der Waals surface area contributed by atoms with Crippen LogP contribution >= 0.6 is 0 Å². The third kappa shape index (κ3) is 5.81. The maximum absolute atomic E-state index is 2.55. The second-order valence-corrected chi connectivity index (χ2v) is 19.4. The van der Waals surface area contributed by atoms with E-state index in [-0.39, 0.29) is 0 Å². The van der Waals surface area contributed by atoms with Gasteiger partial charge >= 0.3 is 0 Å². The van der Waals surface area contributed by atoms with Crippen molar-refractivity contribution in [3.8, 4) is 22.3 Å². The quantitative estimate of drug-likeness (QED) is 0.151. The largest absolute Gasteiger partial charge is 0.309 e. The molecule has 4 heterocycles. The van der Waals surface area contributed by atoms with Crippen LogP contribution in [0.25, 0.3) is 98.4 Å². The number of hydrogen-bond acceptors (Lipinski definition) is 2. The van der Waals surface area contributed by atoms with Gasteiger partial charge in [0.25, 0.3) is 0 Å². The number of hydrogen-bond donors (Lipinski definition) is 0. The van der Waals surface area contributed by atoms with Gasteiger partial charge in [0.15, 0.2) is 0 Å². The predicted octanol–water partition coefficient (Wildman–Crippen LogP) is 18.9. The zero-order valence-electron chi connectivity index (χ0n) is 39.9. The minimum absolute atomic E-state index is 1.13. The van der Waals surface area contributed by atoms with Crippen LogP contribution in [0.15, 0.2) is 243 Å². The second kappa shape index (κ2) is 15.6. The van der Waals surface area contributed by atoms with Gasteiger partial charge in [-0.15, -0.1) is 0 Å². The third-order valence-electron chi connectivity index (χ3n) is 15.2. The molecule has 4 nitrogen and oxygen atoms in total. The molecule has 0 N–H and O–H groups in total. The van der Waals surface area contributed by atoms with Crippen molar-refractivity contribution >= 4 is 110 Å². The van der Waals surface area contributed by atoms with Crippen LogP contribution in [0.4, 0.5) is 34.1 Å². The van der Waals surface area contributed by atoms with Crippen molar-refractivity contribution in [1.82, 2.24) is 8.80 Å². The number of aromatic nitrogens is 2. The topological polar surface area (TPSA) is 15.3 Å². The molecule has 0 aliphatic rings. The Morgan fingerprint density at radius 2 is 0.681 bits per heavy atom. The lowest BCUT2D eigenvalue weighted by atomic mass is 9.99. The molecule has 0 saturated carbocycles. The number of rotatable bonds is 8. The Morgan fingerprint density at radius 1 is 0.278 bits per heavy atom. The van der Waals surface area contributed by atoms with Crippen molar-refractivity contribution in [2.45, 2.75) is 13.8 Å². The van der Waals surface area contributed by atoms with Gasteiger partial charge in [-0.05, 0) is 109 Å². The molecule has 15 aromatic rings. The van der Waals surface area contributed by atoms with Crippen LogP contribution in [-0.4, -0.2) is 8.80 Å². The van der Waals surface area contributed by atoms with Crippen LogP contribution in [0.3, 0.4) is 0 Å². The van der Waals surface area contributed by atoms with E-state index >= 15 is 0 Å². The molecule has 0 spiro atoms. The van der Waals surface area contributed by atoms with Gasteiger partial charge in [0.1, 0.15) is 0 Å². The Labute approximate surface area is 416 Å². The third-order valence-corrected chi connectivity index (χ3v) is 15.2. The normalized spacial score (nSPS) is 12.0. The highest BCUT2D eigenvalue weighted by molar-refractivity contribution is 6.32. The van der Waals surface area contributed by atoms with E-state index in [0.29, 0.717) is 0 Å². The number of nitrogens with zero attached hydrogens (tertiary/aromatic N) is 4. The number of anilines is 6. The number of fused-ring (bicyclic) bond motifs is 12. The maximum atomic E-state index is 2.55. The van der Waals surface area contributed by atoms with Gasteiger partial charge in [-0.1, -0.05) is 170 Å². The van der Waals surface area contributed by atoms with Crippen molar-refractivity contribution in [1.29, 1.82) is 0 Å². The van der Waals surface area contributed by atoms with Gasteiger partial charge in [0.2, 0.25) is 0 Å². The lowest BCUT2D eigenvalue weighted by molar-refractivity contribution is 1.28. The molecule has 0 fully saturated rings. The summed E-state index contributed by atoms with van der Waals surface area (Å²) in [5, 5.41) is 9.95. The first-order valence-corrected chi connectivity index (χ1v) is 24.9. The second-order valence-electron chi connectivity index (χ2n) is 19.4. The first-order valence-electron chi connectivity index (χ1n) is 24.9. The van der Waals surface area contributed by atoms with E-state index in [9.17, 15) is 0 Å². The van der Waals surface area contributed by atoms with E-state index in [0.717, 1.165) is 34.1 Å². The summed E-state index contributed by atoms with van der Waals surface area (Å²) in [5.41, 5.74) is 21.3. The van der Waals surface area contributed by atoms with Gasteiger partial charge < -0.3 is 18.6 Å². The maximum Gasteiger partial charge on any atom is 0.0641 e. The van der Waals surface area contributed by atoms with Gasteiger partial charge in [-0.3, -0.25) is 0 Å². The molecule has 4 heteroatoms. The standard InChI is InChI=1S/C68H46N4/c1-43-19-17-25-47(39-43)69(57-31-13-9-27-49(57)45-21-5-3-6-22-45)61-37-35-51-55-41-64-56(42-63(55)71-59-33-15-11-29-53(59)65(61)67(51)71)52-36-38-62(66-54-30-12-16-34-60(54)72(64)68(52)66)70(48-26-18-20-44(2)40-48)58-32-14-10-28-50(58)46-23-7-4-8-24-46/h3-42H,1-2H3. The molecule has 0 bridgehead atoms. The summed E-state index contributed by atoms with van der Waals surface area (Å²) in [7, 11) is 0. The lowest BCUT2D eigenvalue weighted by Crippen LogP contribution is -2.11. The Kier molecular flexibility index (Phi) is 8.75. The zero-order valence-corrected chi connectivity index (χ0v) is 39.9. The fourth-order valence-corrected chi connectivity index (χ4v) is 12.3. The van der Waals surface area contributed by atoms with Crippen LogP contribution in [-0.2, 0) is 0 Å². The SMILES string of the molecule is Cc1cccc(N(c2ccccc2-c2ccccc2)c2ccc3c4cc5c(cc4n4c6ccccc6c2c34)c2ccc(N(c3cccc(C)c3)c3ccccc3-c3ccccc3)c3c4ccccc4n5c23)c1. The molecule has 338 valence electrons. The summed E-state index contributed by atoms with van der Waals surface area (Å²) in [6.45, 7) is 4.37. The number of para-hydroxylation sites is 4. The first-order chi connectivity index (χ1) is 35.6. The lowest BCUT2D eigenvalue weighted by Gasteiger charge is -2.29. The van der Waals surface area contributed by atoms with Crippen molar-refractivity contribution in [2.75, 3.05) is 9.80 Å². The molecule has 0 amide bonds. The summed E-state index contributed by atoms with van der Waals surface area (Å²) in [6.07, 6.45) is 0. The highest BCUT2D eigenvalue weighted by Crippen LogP contribution is 2.52. The van der Waals surface area contributed by atoms with E-state index in [4.69, 9.17) is 0 Å². The molecular formula is C68H46N4. The van der Waals surface area contributed by atoms with Crippen LogP contribution in [0.1, 0.15) is 11.1 Å². The van der Waals surface area contributed by atoms with Gasteiger partial charge in [0, 0.05) is 65.6 Å². The van der Waals surface area contributed by atoms with Crippen LogP contribution < -0.4 is 9.80 Å². The smallest absolute Gasteiger partial charge is 0.0641 e. The van der Waals surface area contributed by atoms with E-state index in [1.165, 1.54) is 110 Å². The zero-order chi connectivity index (χ0) is 47.6. The Bertz CT molecular complexity index is 4300. The molecule has 0 aliphatic carbocycles. The molecule has 0 saturated heterocycles. The molecule has 0 radical (unpaired) electrons. The van der Waals surface area contributed by atoms with E-state index in [1.807, 2.05) is 0 Å². The van der Waals surface area contributed by atoms with Crippen LogP contribution in [0, 0.1) is 13.8 Å². The monoisotopic (exact) mass is 918 g/mol. The van der Waals surface area contributed by atoms with Gasteiger partial charge in [-0.25, -0.2) is 0 Å². The molecule has 72 heavy (non-hydrogen) atoms. The Morgan fingerprint density at radius 3 is 1.12 bits per heavy atom. The Hall–Kier alpha value is -9.38. The molecule has 0 atom stereocenters. The molecule has 4 aromatic heterocycles. The summed E-state index contributed by atoms with van der Waals surface area (Å²) >= 11 is 0. The van der Waals surface area contributed by atoms with E-state index in [2.05, 4.69) is 275 Å². The summed E-state index contributed by atoms with van der Waals surface area (Å²) in [5.74, 6) is 0. The predicted molar refractivity (Wildman–Crippen MR) is 305 cm³/mol. The van der Waals surface area contributed by atoms with Crippen molar-refractivity contribution in [3.63, 3.8) is 0 Å². The fourth-order valence-electron chi connectivity index (χ4n) is 12.3. The first kappa shape index (κ1) is 40.5. The summed E-state index contributed by atoms with van der Waals surface area (Å²) < 4.78 is 5.10. The molecule has 0 aliphatic heterocycles. The highest BCUT2D eigenvalue weighted by Gasteiger charge is 2.29. The minimum atomic E-state index is 1.13. The Balaban J connectivity index is 1.02. The van der Waals surface area contributed by atoms with Crippen molar-refractivity contribution in [2.24, 2.45) is 0 Å². The average molecular weight is 919 g/mol. The average Bonchev–Trinajstić information content (AvgIpc) is 4.16. The summed E-state index contributed by atoms with van der Waals surface area (Å²) in [4.78, 5) is 4.98. The fraction of sp³-hybridized carbons (Fsp3) is 0.0294. The molecule has 0 unspecified atom stereocenters.